The molecule has 6 nitrogen and oxygen atoms in total. The van der Waals surface area contributed by atoms with Gasteiger partial charge in [-0.3, -0.25) is 0 Å². The second-order valence-electron chi connectivity index (χ2n) is 1.52. The van der Waals surface area contributed by atoms with E-state index in [0.29, 0.717) is 0 Å². The fraction of sp³-hybridized carbons (Fsp3) is 0.667. The van der Waals surface area contributed by atoms with Crippen LogP contribution in [0.1, 0.15) is 0 Å². The van der Waals surface area contributed by atoms with Crippen LogP contribution in [0.25, 0.3) is 0 Å². The molecule has 0 aromatic carbocycles. The zero-order chi connectivity index (χ0) is 8.36. The van der Waals surface area contributed by atoms with E-state index in [1.54, 1.807) is 0 Å². The summed E-state index contributed by atoms with van der Waals surface area (Å²) >= 11 is 0. The van der Waals surface area contributed by atoms with Crippen molar-refractivity contribution in [3.8, 4) is 0 Å². The molecule has 2 N–H and O–H groups in total. The van der Waals surface area contributed by atoms with Crippen molar-refractivity contribution in [1.82, 2.24) is 0 Å². The molecule has 0 aliphatic heterocycles. The van der Waals surface area contributed by atoms with Gasteiger partial charge in [-0.1, -0.05) is 4.57 Å². The third-order valence-corrected chi connectivity index (χ3v) is 1.78. The van der Waals surface area contributed by atoms with E-state index in [2.05, 4.69) is 0 Å². The maximum atomic E-state index is 9.90. The van der Waals surface area contributed by atoms with Crippen LogP contribution in [0.2, 0.25) is 0 Å². The maximum Gasteiger partial charge on any atom is 1.00 e. The fourth-order valence-corrected chi connectivity index (χ4v) is 0.461. The second-order valence-corrected chi connectivity index (χ2v) is 2.77. The van der Waals surface area contributed by atoms with Gasteiger partial charge in [0.1, 0.15) is 12.6 Å². The number of aliphatic hydroxyl groups is 2. The number of aliphatic hydroxyl groups excluding tert-OH is 1. The van der Waals surface area contributed by atoms with Gasteiger partial charge in [-0.2, -0.15) is 0 Å². The molecule has 2 unspecified atom stereocenters. The number of aliphatic carboxylic acids is 1. The van der Waals surface area contributed by atoms with Gasteiger partial charge >= 0.3 is 42.9 Å². The Bertz CT molecular complexity index is 155. The van der Waals surface area contributed by atoms with Crippen molar-refractivity contribution in [2.24, 2.45) is 0 Å². The molecule has 0 saturated carbocycles. The minimum absolute atomic E-state index is 0. The Morgan fingerprint density at radius 1 is 1.64 bits per heavy atom. The predicted molar refractivity (Wildman–Crippen MR) is 24.6 cm³/mol. The molecule has 0 aliphatic rings. The minimum Gasteiger partial charge on any atom is -0.593 e. The van der Waals surface area contributed by atoms with Gasteiger partial charge in [0.15, 0.2) is 0 Å². The number of carbonyl (C=O) groups is 1. The molecule has 0 spiro atoms. The van der Waals surface area contributed by atoms with Crippen molar-refractivity contribution in [3.63, 3.8) is 0 Å². The van der Waals surface area contributed by atoms with Crippen LogP contribution in [-0.4, -0.2) is 28.1 Å². The molecule has 8 heteroatoms. The number of carboxylic acid groups (broad SMARTS) is 1. The molecular weight excluding hydrogens is 186 g/mol. The van der Waals surface area contributed by atoms with Gasteiger partial charge < -0.3 is 25.0 Å². The average molecular weight is 190 g/mol. The molecule has 0 aromatic heterocycles. The van der Waals surface area contributed by atoms with Gasteiger partial charge in [0, 0.05) is 0 Å². The average Bonchev–Trinajstić information content (AvgIpc) is 1.85. The zero-order valence-corrected chi connectivity index (χ0v) is 8.58. The summed E-state index contributed by atoms with van der Waals surface area (Å²) in [6.45, 7) is -1.41. The van der Waals surface area contributed by atoms with E-state index in [9.17, 15) is 19.4 Å². The quantitative estimate of drug-likeness (QED) is 0.337. The molecule has 0 fully saturated rings. The molecule has 58 valence electrons. The minimum atomic E-state index is -3.64. The molecule has 0 heterocycles. The van der Waals surface area contributed by atoms with Gasteiger partial charge in [0.25, 0.3) is 0 Å². The Morgan fingerprint density at radius 3 is 2.00 bits per heavy atom. The van der Waals surface area contributed by atoms with E-state index < -0.39 is 25.9 Å². The molecule has 11 heavy (non-hydrogen) atoms. The number of carbonyl (C=O) groups excluding carboxylic acids is 1. The Hall–Kier alpha value is 0.450. The van der Waals surface area contributed by atoms with Crippen molar-refractivity contribution in [2.75, 3.05) is 6.61 Å². The first kappa shape index (κ1) is 14.0. The first-order chi connectivity index (χ1) is 4.45. The SMILES string of the molecule is O=C([O-])C(O)(CO)[P+](=O)[O-].[Na+]. The van der Waals surface area contributed by atoms with Crippen molar-refractivity contribution >= 4 is 14.0 Å². The van der Waals surface area contributed by atoms with Crippen LogP contribution in [0.5, 0.6) is 0 Å². The van der Waals surface area contributed by atoms with Crippen LogP contribution in [0.4, 0.5) is 0 Å². The van der Waals surface area contributed by atoms with Gasteiger partial charge in [-0.25, -0.2) is 0 Å². The number of rotatable bonds is 3. The monoisotopic (exact) mass is 190 g/mol. The van der Waals surface area contributed by atoms with Crippen LogP contribution >= 0.6 is 8.03 Å². The van der Waals surface area contributed by atoms with Gasteiger partial charge in [-0.05, 0) is 0 Å². The van der Waals surface area contributed by atoms with Crippen molar-refractivity contribution in [1.29, 1.82) is 0 Å². The molecule has 2 atom stereocenters. The van der Waals surface area contributed by atoms with Crippen molar-refractivity contribution in [2.45, 2.75) is 5.34 Å². The zero-order valence-electron chi connectivity index (χ0n) is 5.68. The van der Waals surface area contributed by atoms with E-state index in [1.807, 2.05) is 0 Å². The molecular formula is C3H4NaO6P. The largest absolute Gasteiger partial charge is 1.00 e. The van der Waals surface area contributed by atoms with E-state index in [0.717, 1.165) is 0 Å². The summed E-state index contributed by atoms with van der Waals surface area (Å²) in [5, 5.41) is 23.2. The second kappa shape index (κ2) is 5.16. The normalized spacial score (nSPS) is 16.1. The summed E-state index contributed by atoms with van der Waals surface area (Å²) in [7, 11) is -3.64. The number of hydrogen-bond acceptors (Lipinski definition) is 6. The number of hydrogen-bond donors (Lipinski definition) is 2. The molecule has 0 aliphatic carbocycles. The Morgan fingerprint density at radius 2 is 2.00 bits per heavy atom. The van der Waals surface area contributed by atoms with Crippen molar-refractivity contribution in [3.05, 3.63) is 0 Å². The summed E-state index contributed by atoms with van der Waals surface area (Å²) in [6, 6.07) is 0. The van der Waals surface area contributed by atoms with Crippen LogP contribution in [-0.2, 0) is 9.36 Å². The molecule has 0 radical (unpaired) electrons. The topological polar surface area (TPSA) is 121 Å². The standard InChI is InChI=1S/C3H5O6P.Na/c4-1-3(7,2(5)6)10(8)9;/h4,7H,1H2,(H,5,6);/q;+1/p-1. The maximum absolute atomic E-state index is 9.90. The van der Waals surface area contributed by atoms with E-state index in [-0.39, 0.29) is 29.6 Å². The Balaban J connectivity index is 0. The summed E-state index contributed by atoms with van der Waals surface area (Å²) in [5.41, 5.74) is 0. The Kier molecular flexibility index (Phi) is 6.57. The summed E-state index contributed by atoms with van der Waals surface area (Å²) in [4.78, 5) is 19.7. The smallest absolute Gasteiger partial charge is 0.593 e. The summed E-state index contributed by atoms with van der Waals surface area (Å²) in [5.74, 6) is -2.23. The van der Waals surface area contributed by atoms with Crippen LogP contribution < -0.4 is 39.6 Å². The summed E-state index contributed by atoms with van der Waals surface area (Å²) in [6.07, 6.45) is 0. The van der Waals surface area contributed by atoms with Gasteiger partial charge in [0.05, 0.1) is 0 Å². The Labute approximate surface area is 85.0 Å². The fourth-order valence-electron chi connectivity index (χ4n) is 0.197. The van der Waals surface area contributed by atoms with Gasteiger partial charge in [0.2, 0.25) is 0 Å². The van der Waals surface area contributed by atoms with Crippen LogP contribution in [0.15, 0.2) is 0 Å². The first-order valence-electron chi connectivity index (χ1n) is 2.14. The molecule has 0 saturated heterocycles. The number of carboxylic acids is 1. The first-order valence-corrected chi connectivity index (χ1v) is 3.32. The molecule has 0 aromatic rings. The molecule has 0 bridgehead atoms. The van der Waals surface area contributed by atoms with Crippen molar-refractivity contribution < 1.29 is 59.1 Å². The van der Waals surface area contributed by atoms with Crippen LogP contribution in [0, 0.1) is 0 Å². The molecule has 0 amide bonds. The van der Waals surface area contributed by atoms with E-state index >= 15 is 0 Å². The van der Waals surface area contributed by atoms with Gasteiger partial charge in [-0.15, -0.1) is 0 Å². The van der Waals surface area contributed by atoms with E-state index in [4.69, 9.17) is 10.2 Å². The molecule has 0 rings (SSSR count). The third-order valence-electron chi connectivity index (χ3n) is 0.849. The van der Waals surface area contributed by atoms with E-state index in [1.165, 1.54) is 0 Å². The predicted octanol–water partition coefficient (Wildman–Crippen LogP) is -6.48. The van der Waals surface area contributed by atoms with Crippen LogP contribution in [0.3, 0.4) is 0 Å². The third kappa shape index (κ3) is 3.13. The summed E-state index contributed by atoms with van der Waals surface area (Å²) < 4.78 is 9.90.